The van der Waals surface area contributed by atoms with E-state index in [4.69, 9.17) is 52.8 Å². The van der Waals surface area contributed by atoms with Gasteiger partial charge in [-0.1, -0.05) is 260 Å². The maximum Gasteiger partial charge on any atom is 0.310 e. The van der Waals surface area contributed by atoms with Gasteiger partial charge in [0.1, 0.15) is 66.5 Å². The lowest BCUT2D eigenvalue weighted by Gasteiger charge is -2.24. The molecule has 23 heteroatoms. The number of aliphatic hydroxyl groups is 1. The minimum Gasteiger partial charge on any atom is -0.481 e. The number of allylic oxidation sites excluding steroid dienone is 2. The van der Waals surface area contributed by atoms with Gasteiger partial charge in [0.05, 0.1) is 65.3 Å². The first-order chi connectivity index (χ1) is 64.0. The summed E-state index contributed by atoms with van der Waals surface area (Å²) in [5, 5.41) is 17.7. The molecule has 0 amide bonds. The Morgan fingerprint density at radius 3 is 0.715 bits per heavy atom. The quantitative estimate of drug-likeness (QED) is 0.0205. The highest BCUT2D eigenvalue weighted by molar-refractivity contribution is 5.86. The lowest BCUT2D eigenvalue weighted by molar-refractivity contribution is -0.167. The summed E-state index contributed by atoms with van der Waals surface area (Å²) in [5.74, 6) is -7.32. The molecule has 137 heavy (non-hydrogen) atoms. The Morgan fingerprint density at radius 2 is 0.569 bits per heavy atom. The number of aliphatic carboxylic acids is 1. The van der Waals surface area contributed by atoms with Gasteiger partial charge in [0.2, 0.25) is 0 Å². The van der Waals surface area contributed by atoms with Crippen molar-refractivity contribution < 1.29 is 110 Å². The van der Waals surface area contributed by atoms with Gasteiger partial charge in [0, 0.05) is 19.3 Å². The van der Waals surface area contributed by atoms with Gasteiger partial charge < -0.3 is 57.6 Å². The molecule has 5 aliphatic carbocycles. The third kappa shape index (κ3) is 58.6. The van der Waals surface area contributed by atoms with Crippen LogP contribution in [0.1, 0.15) is 356 Å². The summed E-state index contributed by atoms with van der Waals surface area (Å²) in [4.78, 5) is 140. The van der Waals surface area contributed by atoms with Crippen molar-refractivity contribution in [2.45, 2.75) is 394 Å². The number of Topliss-reactive ketones (excluding diaryl/α,β-unsaturated/α-hetero) is 1. The van der Waals surface area contributed by atoms with Crippen molar-refractivity contribution in [1.82, 2.24) is 0 Å². The first kappa shape index (κ1) is 127. The highest BCUT2D eigenvalue weighted by Gasteiger charge is 2.46. The zero-order chi connectivity index (χ0) is 104. The van der Waals surface area contributed by atoms with E-state index in [0.717, 1.165) is 79.9 Å². The molecule has 5 aliphatic rings. The van der Waals surface area contributed by atoms with Gasteiger partial charge in [0.25, 0.3) is 0 Å². The van der Waals surface area contributed by atoms with Crippen LogP contribution in [-0.2, 0) is 127 Å². The zero-order valence-corrected chi connectivity index (χ0v) is 88.3. The van der Waals surface area contributed by atoms with Crippen LogP contribution < -0.4 is 0 Å². The molecular weight excluding hydrogens is 1740 g/mol. The molecule has 0 radical (unpaired) electrons. The van der Waals surface area contributed by atoms with Crippen LogP contribution in [0.25, 0.3) is 0 Å². The summed E-state index contributed by atoms with van der Waals surface area (Å²) in [6.07, 6.45) is 26.7. The number of hydrogen-bond donors (Lipinski definition) is 2. The van der Waals surface area contributed by atoms with Crippen LogP contribution in [0.2, 0.25) is 0 Å². The number of rotatable bonds is 31. The molecular formula is C114H176O23. The van der Waals surface area contributed by atoms with Gasteiger partial charge in [-0.3, -0.25) is 52.7 Å². The number of esters is 9. The number of ketones is 1. The lowest BCUT2D eigenvalue weighted by Crippen LogP contribution is -2.33. The predicted molar refractivity (Wildman–Crippen MR) is 541 cm³/mol. The summed E-state index contributed by atoms with van der Waals surface area (Å²) >= 11 is 0. The average molecular weight is 1910 g/mol. The Hall–Kier alpha value is -9.90. The van der Waals surface area contributed by atoms with Crippen molar-refractivity contribution in [2.24, 2.45) is 70.0 Å². The van der Waals surface area contributed by atoms with Crippen molar-refractivity contribution in [3.63, 3.8) is 0 Å². The standard InChI is InChI=1S/4C18H24O4.C11H18O4.C8H18.C8H16.C6H12O.C6H10O.C3H6O/c4*1-18(2,3)22-17(20)15-11-7-10-14(15)16(19)21-12-13-8-5-4-6-9-13;1-11(2,3)15-10(14)8-6-4-5-7(8)9(12)13;2*1-5-7-8(3,4)6-2;2*1-3-5-6(7)4-2;1-2-3-4/h4*4-6,8-9,14-15H,7,10-12H2,1-3H3;7-8H,4-6H2,1-3H3,(H,12,13);5-7H2,1-4H3;5H,1,6-7H2,2-4H3;3,6-7H,1,4-5H2,2H3;3H,1,4-5H2,2H3;3H,2H2,1H3/t4*14-,15?;7-,8?;;;;;/m11111...../s1. The third-order valence-corrected chi connectivity index (χ3v) is 22.9. The molecule has 0 saturated heterocycles. The number of carboxylic acids is 1. The van der Waals surface area contributed by atoms with E-state index in [2.05, 4.69) is 68.2 Å². The molecule has 0 spiro atoms. The number of aldehydes is 1. The van der Waals surface area contributed by atoms with Gasteiger partial charge >= 0.3 is 59.7 Å². The van der Waals surface area contributed by atoms with E-state index in [-0.39, 0.29) is 139 Å². The van der Waals surface area contributed by atoms with Gasteiger partial charge in [0.15, 0.2) is 0 Å². The number of ether oxygens (including phenoxy) is 9. The minimum atomic E-state index is -0.886. The second kappa shape index (κ2) is 66.6. The maximum absolute atomic E-state index is 12.3. The number of carbonyl (C=O) groups excluding carboxylic acids is 11. The predicted octanol–water partition coefficient (Wildman–Crippen LogP) is 25.5. The molecule has 770 valence electrons. The number of aliphatic hydroxyl groups excluding tert-OH is 1. The monoisotopic (exact) mass is 1910 g/mol. The summed E-state index contributed by atoms with van der Waals surface area (Å²) in [7, 11) is 0. The van der Waals surface area contributed by atoms with E-state index in [1.807, 2.05) is 231 Å². The number of carboxylic acid groups (broad SMARTS) is 1. The Bertz CT molecular complexity index is 3760. The van der Waals surface area contributed by atoms with Gasteiger partial charge in [-0.05, 0) is 227 Å². The first-order valence-corrected chi connectivity index (χ1v) is 49.7. The molecule has 0 bridgehead atoms. The lowest BCUT2D eigenvalue weighted by atomic mass is 9.86. The maximum atomic E-state index is 12.3. The van der Waals surface area contributed by atoms with E-state index < -0.39 is 45.8 Å². The van der Waals surface area contributed by atoms with Crippen molar-refractivity contribution in [3.05, 3.63) is 182 Å². The van der Waals surface area contributed by atoms with Crippen LogP contribution in [0.3, 0.4) is 0 Å². The molecule has 6 unspecified atom stereocenters. The second-order valence-electron chi connectivity index (χ2n) is 41.9. The molecule has 9 rings (SSSR count). The molecule has 23 nitrogen and oxygen atoms in total. The second-order valence-corrected chi connectivity index (χ2v) is 41.9. The molecule has 0 aromatic heterocycles. The molecule has 4 aromatic carbocycles. The zero-order valence-electron chi connectivity index (χ0n) is 88.3. The van der Waals surface area contributed by atoms with E-state index >= 15 is 0 Å². The van der Waals surface area contributed by atoms with Crippen LogP contribution in [0.5, 0.6) is 0 Å². The first-order valence-electron chi connectivity index (χ1n) is 49.7. The minimum absolute atomic E-state index is 0.169. The summed E-state index contributed by atoms with van der Waals surface area (Å²) in [5.41, 5.74) is 2.20. The Morgan fingerprint density at radius 1 is 0.343 bits per heavy atom. The molecule has 4 aromatic rings. The summed E-state index contributed by atoms with van der Waals surface area (Å²) in [6.45, 7) is 60.5. The van der Waals surface area contributed by atoms with Crippen molar-refractivity contribution in [1.29, 1.82) is 0 Å². The molecule has 5 fully saturated rings. The van der Waals surface area contributed by atoms with Crippen molar-refractivity contribution >= 4 is 71.8 Å². The topological polar surface area (TPSA) is 328 Å². The fourth-order valence-corrected chi connectivity index (χ4v) is 14.9. The van der Waals surface area contributed by atoms with Gasteiger partial charge in [-0.25, -0.2) is 0 Å². The van der Waals surface area contributed by atoms with E-state index in [9.17, 15) is 57.5 Å². The summed E-state index contributed by atoms with van der Waals surface area (Å²) in [6, 6.07) is 38.2. The largest absolute Gasteiger partial charge is 0.481 e. The molecule has 2 N–H and O–H groups in total. The Labute approximate surface area is 823 Å². The molecule has 5 saturated carbocycles. The fourth-order valence-electron chi connectivity index (χ4n) is 14.9. The number of carbonyl (C=O) groups is 12. The van der Waals surface area contributed by atoms with E-state index in [0.29, 0.717) is 94.3 Å². The van der Waals surface area contributed by atoms with Crippen LogP contribution in [0.4, 0.5) is 0 Å². The third-order valence-electron chi connectivity index (χ3n) is 22.9. The molecule has 11 atom stereocenters. The van der Waals surface area contributed by atoms with E-state index in [1.54, 1.807) is 32.9 Å². The normalized spacial score (nSPS) is 19.3. The number of hydrogen-bond acceptors (Lipinski definition) is 22. The Balaban J connectivity index is 0.00000156. The number of benzene rings is 4. The van der Waals surface area contributed by atoms with Gasteiger partial charge in [-0.15, -0.1) is 19.7 Å². The van der Waals surface area contributed by atoms with Crippen LogP contribution in [0, 0.1) is 70.0 Å². The van der Waals surface area contributed by atoms with Crippen molar-refractivity contribution in [2.75, 3.05) is 0 Å². The Kier molecular flexibility index (Phi) is 61.8. The highest BCUT2D eigenvalue weighted by Crippen LogP contribution is 2.40. The molecule has 0 heterocycles. The highest BCUT2D eigenvalue weighted by atomic mass is 16.6. The summed E-state index contributed by atoms with van der Waals surface area (Å²) < 4.78 is 48.4. The van der Waals surface area contributed by atoms with Gasteiger partial charge in [-0.2, -0.15) is 0 Å². The van der Waals surface area contributed by atoms with Crippen LogP contribution >= 0.6 is 0 Å². The van der Waals surface area contributed by atoms with Crippen LogP contribution in [0.15, 0.2) is 159 Å². The average Bonchev–Trinajstić information content (AvgIpc) is 1.75. The fraction of sp³-hybridized carbons (Fsp3) is 0.632. The molecule has 0 aliphatic heterocycles. The van der Waals surface area contributed by atoms with Crippen LogP contribution in [-0.4, -0.2) is 116 Å². The van der Waals surface area contributed by atoms with Crippen molar-refractivity contribution in [3.8, 4) is 0 Å². The van der Waals surface area contributed by atoms with E-state index in [1.165, 1.54) is 25.7 Å². The SMILES string of the molecule is C=CCC(=O)CC.C=CCC(C)(C)CC.C=CCC(O)CC.CC(C)(C)OC(=O)C1CCC[C@H]1C(=O)O.CC(C)(C)OC(=O)C1CCC[C@H]1C(=O)OCc1ccccc1.CC(C)(C)OC(=O)C1CCC[C@H]1C(=O)OCc1ccccc1.CC(C)(C)OC(=O)C1CCC[C@H]1C(=O)OCc1ccccc1.CC(C)(C)OC(=O)C1CCC[C@H]1C(=O)OCc1ccccc1.CCC=O.CCCC(C)(C)CC. The smallest absolute Gasteiger partial charge is 0.310 e.